The van der Waals surface area contributed by atoms with Crippen molar-refractivity contribution >= 4 is 10.9 Å². The maximum Gasteiger partial charge on any atom is 0.127 e. The third-order valence-corrected chi connectivity index (χ3v) is 3.75. The Bertz CT molecular complexity index is 856. The predicted molar refractivity (Wildman–Crippen MR) is 78.0 cm³/mol. The summed E-state index contributed by atoms with van der Waals surface area (Å²) in [5.74, 6) is 1.17. The molecule has 0 amide bonds. The molecule has 4 heteroatoms. The van der Waals surface area contributed by atoms with Crippen LogP contribution >= 0.6 is 0 Å². The third kappa shape index (κ3) is 1.83. The highest BCUT2D eigenvalue weighted by Crippen LogP contribution is 2.42. The number of benzene rings is 2. The van der Waals surface area contributed by atoms with E-state index in [4.69, 9.17) is 9.47 Å². The average Bonchev–Trinajstić information content (AvgIpc) is 2.53. The summed E-state index contributed by atoms with van der Waals surface area (Å²) in [4.78, 5) is 4.44. The highest BCUT2D eigenvalue weighted by Gasteiger charge is 2.21. The molecule has 0 bridgehead atoms. The summed E-state index contributed by atoms with van der Waals surface area (Å²) in [6, 6.07) is 10.3. The first-order chi connectivity index (χ1) is 10.3. The maximum atomic E-state index is 13.6. The molecule has 0 radical (unpaired) electrons. The van der Waals surface area contributed by atoms with Crippen molar-refractivity contribution in [2.75, 3.05) is 7.11 Å². The van der Waals surface area contributed by atoms with Crippen molar-refractivity contribution in [3.05, 3.63) is 54.0 Å². The Morgan fingerprint density at radius 2 is 2.10 bits per heavy atom. The molecule has 0 atom stereocenters. The molecule has 0 saturated heterocycles. The molecular formula is C17H12FNO2. The first-order valence-corrected chi connectivity index (χ1v) is 6.64. The first kappa shape index (κ1) is 12.1. The molecule has 0 aliphatic carbocycles. The largest absolute Gasteiger partial charge is 0.497 e. The topological polar surface area (TPSA) is 31.4 Å². The molecule has 2 aromatic carbocycles. The Kier molecular flexibility index (Phi) is 2.57. The van der Waals surface area contributed by atoms with Crippen LogP contribution in [0.5, 0.6) is 11.5 Å². The molecule has 1 aromatic heterocycles. The molecule has 1 aliphatic heterocycles. The van der Waals surface area contributed by atoms with Gasteiger partial charge in [-0.2, -0.15) is 0 Å². The van der Waals surface area contributed by atoms with Crippen LogP contribution in [0.15, 0.2) is 42.6 Å². The zero-order valence-electron chi connectivity index (χ0n) is 11.4. The van der Waals surface area contributed by atoms with E-state index in [1.54, 1.807) is 19.4 Å². The van der Waals surface area contributed by atoms with E-state index < -0.39 is 0 Å². The maximum absolute atomic E-state index is 13.6. The second kappa shape index (κ2) is 4.45. The van der Waals surface area contributed by atoms with Gasteiger partial charge in [-0.25, -0.2) is 4.39 Å². The number of pyridine rings is 1. The van der Waals surface area contributed by atoms with E-state index >= 15 is 0 Å². The van der Waals surface area contributed by atoms with Crippen molar-refractivity contribution in [1.29, 1.82) is 0 Å². The molecule has 0 N–H and O–H groups in total. The summed E-state index contributed by atoms with van der Waals surface area (Å²) in [6.45, 7) is 0.439. The van der Waals surface area contributed by atoms with Crippen molar-refractivity contribution in [1.82, 2.24) is 4.98 Å². The number of hydrogen-bond acceptors (Lipinski definition) is 3. The minimum Gasteiger partial charge on any atom is -0.497 e. The predicted octanol–water partition coefficient (Wildman–Crippen LogP) is 3.94. The van der Waals surface area contributed by atoms with Gasteiger partial charge >= 0.3 is 0 Å². The highest BCUT2D eigenvalue weighted by molar-refractivity contribution is 5.98. The Morgan fingerprint density at radius 1 is 1.19 bits per heavy atom. The smallest absolute Gasteiger partial charge is 0.127 e. The van der Waals surface area contributed by atoms with Crippen LogP contribution in [0, 0.1) is 5.82 Å². The molecule has 21 heavy (non-hydrogen) atoms. The van der Waals surface area contributed by atoms with E-state index in [0.717, 1.165) is 33.3 Å². The van der Waals surface area contributed by atoms with Gasteiger partial charge in [-0.1, -0.05) is 0 Å². The van der Waals surface area contributed by atoms with Gasteiger partial charge in [-0.15, -0.1) is 0 Å². The van der Waals surface area contributed by atoms with Crippen LogP contribution in [0.4, 0.5) is 4.39 Å². The zero-order valence-corrected chi connectivity index (χ0v) is 11.4. The Labute approximate surface area is 121 Å². The lowest BCUT2D eigenvalue weighted by molar-refractivity contribution is 0.301. The standard InChI is InChI=1S/C17H12FNO2/c1-20-12-3-4-15-13(7-12)17-10(8-19-15)9-21-16-5-2-11(18)6-14(16)17/h2-8H,9H2,1H3. The second-order valence-electron chi connectivity index (χ2n) is 4.97. The Hall–Kier alpha value is -2.62. The third-order valence-electron chi connectivity index (χ3n) is 3.75. The van der Waals surface area contributed by atoms with Gasteiger partial charge in [0.2, 0.25) is 0 Å². The molecule has 0 unspecified atom stereocenters. The number of fused-ring (bicyclic) bond motifs is 5. The normalized spacial score (nSPS) is 12.5. The zero-order chi connectivity index (χ0) is 14.4. The van der Waals surface area contributed by atoms with Crippen molar-refractivity contribution in [2.45, 2.75) is 6.61 Å². The summed E-state index contributed by atoms with van der Waals surface area (Å²) in [7, 11) is 1.63. The fourth-order valence-corrected chi connectivity index (χ4v) is 2.75. The Morgan fingerprint density at radius 3 is 2.95 bits per heavy atom. The number of methoxy groups -OCH3 is 1. The van der Waals surface area contributed by atoms with Crippen molar-refractivity contribution in [3.63, 3.8) is 0 Å². The van der Waals surface area contributed by atoms with Crippen LogP contribution in [0.2, 0.25) is 0 Å². The van der Waals surface area contributed by atoms with Crippen molar-refractivity contribution in [2.24, 2.45) is 0 Å². The number of halogens is 1. The summed E-state index contributed by atoms with van der Waals surface area (Å²) >= 11 is 0. The Balaban J connectivity index is 2.10. The molecule has 0 saturated carbocycles. The van der Waals surface area contributed by atoms with Gasteiger partial charge < -0.3 is 9.47 Å². The van der Waals surface area contributed by atoms with Gasteiger partial charge in [-0.05, 0) is 36.4 Å². The number of hydrogen-bond donors (Lipinski definition) is 0. The summed E-state index contributed by atoms with van der Waals surface area (Å²) in [5.41, 5.74) is 3.54. The van der Waals surface area contributed by atoms with Crippen LogP contribution < -0.4 is 9.47 Å². The number of aromatic nitrogens is 1. The van der Waals surface area contributed by atoms with Gasteiger partial charge in [0.15, 0.2) is 0 Å². The summed E-state index contributed by atoms with van der Waals surface area (Å²) in [6.07, 6.45) is 1.79. The van der Waals surface area contributed by atoms with E-state index in [1.807, 2.05) is 18.2 Å². The van der Waals surface area contributed by atoms with Crippen LogP contribution in [0.3, 0.4) is 0 Å². The monoisotopic (exact) mass is 281 g/mol. The minimum absolute atomic E-state index is 0.280. The molecule has 104 valence electrons. The van der Waals surface area contributed by atoms with Gasteiger partial charge in [-0.3, -0.25) is 4.98 Å². The number of ether oxygens (including phenoxy) is 2. The lowest BCUT2D eigenvalue weighted by Gasteiger charge is -2.22. The second-order valence-corrected chi connectivity index (χ2v) is 4.97. The lowest BCUT2D eigenvalue weighted by Crippen LogP contribution is -2.07. The van der Waals surface area contributed by atoms with E-state index in [1.165, 1.54) is 12.1 Å². The van der Waals surface area contributed by atoms with E-state index in [9.17, 15) is 4.39 Å². The molecular weight excluding hydrogens is 269 g/mol. The minimum atomic E-state index is -0.280. The molecule has 3 nitrogen and oxygen atoms in total. The summed E-state index contributed by atoms with van der Waals surface area (Å²) in [5, 5.41) is 0.946. The summed E-state index contributed by atoms with van der Waals surface area (Å²) < 4.78 is 24.6. The van der Waals surface area contributed by atoms with Gasteiger partial charge in [0.05, 0.1) is 12.6 Å². The SMILES string of the molecule is COc1ccc2ncc3c(c2c1)-c1cc(F)ccc1OC3. The van der Waals surface area contributed by atoms with Gasteiger partial charge in [0.25, 0.3) is 0 Å². The van der Waals surface area contributed by atoms with Crippen LogP contribution in [-0.2, 0) is 6.61 Å². The van der Waals surface area contributed by atoms with Crippen LogP contribution in [-0.4, -0.2) is 12.1 Å². The molecule has 2 heterocycles. The molecule has 1 aliphatic rings. The molecule has 3 aromatic rings. The van der Waals surface area contributed by atoms with E-state index in [0.29, 0.717) is 12.4 Å². The quantitative estimate of drug-likeness (QED) is 0.677. The van der Waals surface area contributed by atoms with Crippen molar-refractivity contribution in [3.8, 4) is 22.6 Å². The average molecular weight is 281 g/mol. The van der Waals surface area contributed by atoms with E-state index in [-0.39, 0.29) is 5.82 Å². The fraction of sp³-hybridized carbons (Fsp3) is 0.118. The van der Waals surface area contributed by atoms with Crippen molar-refractivity contribution < 1.29 is 13.9 Å². The van der Waals surface area contributed by atoms with Crippen LogP contribution in [0.25, 0.3) is 22.0 Å². The van der Waals surface area contributed by atoms with Gasteiger partial charge in [0.1, 0.15) is 23.9 Å². The molecule has 4 rings (SSSR count). The fourth-order valence-electron chi connectivity index (χ4n) is 2.75. The highest BCUT2D eigenvalue weighted by atomic mass is 19.1. The van der Waals surface area contributed by atoms with E-state index in [2.05, 4.69) is 4.98 Å². The first-order valence-electron chi connectivity index (χ1n) is 6.64. The number of rotatable bonds is 1. The molecule has 0 fully saturated rings. The number of nitrogens with zero attached hydrogens (tertiary/aromatic N) is 1. The van der Waals surface area contributed by atoms with Crippen LogP contribution in [0.1, 0.15) is 5.56 Å². The molecule has 0 spiro atoms. The lowest BCUT2D eigenvalue weighted by atomic mass is 9.94. The van der Waals surface area contributed by atoms with Gasteiger partial charge in [0, 0.05) is 28.3 Å².